The van der Waals surface area contributed by atoms with Gasteiger partial charge in [0.2, 0.25) is 0 Å². The van der Waals surface area contributed by atoms with Crippen molar-refractivity contribution in [2.24, 2.45) is 0 Å². The number of amides is 1. The minimum Gasteiger partial charge on any atom is -0.338 e. The third kappa shape index (κ3) is 3.73. The van der Waals surface area contributed by atoms with E-state index in [1.165, 1.54) is 4.68 Å². The molecule has 2 heterocycles. The number of carbonyl (C=O) groups is 1. The van der Waals surface area contributed by atoms with Gasteiger partial charge in [-0.15, -0.1) is 5.10 Å². The quantitative estimate of drug-likeness (QED) is 0.736. The Morgan fingerprint density at radius 3 is 2.57 bits per heavy atom. The molecule has 6 nitrogen and oxygen atoms in total. The van der Waals surface area contributed by atoms with Crippen LogP contribution < -0.4 is 5.69 Å². The van der Waals surface area contributed by atoms with Gasteiger partial charge in [-0.1, -0.05) is 29.3 Å². The van der Waals surface area contributed by atoms with Crippen molar-refractivity contribution in [2.45, 2.75) is 25.7 Å². The zero-order valence-corrected chi connectivity index (χ0v) is 16.3. The number of carbonyl (C=O) groups excluding carboxylic acids is 1. The van der Waals surface area contributed by atoms with Crippen molar-refractivity contribution in [2.75, 3.05) is 13.1 Å². The van der Waals surface area contributed by atoms with E-state index in [4.69, 9.17) is 11.6 Å². The van der Waals surface area contributed by atoms with Gasteiger partial charge in [-0.2, -0.15) is 4.68 Å². The summed E-state index contributed by atoms with van der Waals surface area (Å²) >= 11 is 5.92. The van der Waals surface area contributed by atoms with Crippen LogP contribution in [0.2, 0.25) is 5.02 Å². The molecule has 0 aliphatic carbocycles. The molecular weight excluding hydrogens is 376 g/mol. The summed E-state index contributed by atoms with van der Waals surface area (Å²) in [4.78, 5) is 29.9. The van der Waals surface area contributed by atoms with Crippen LogP contribution in [0.4, 0.5) is 0 Å². The predicted molar refractivity (Wildman–Crippen MR) is 108 cm³/mol. The fourth-order valence-electron chi connectivity index (χ4n) is 3.55. The van der Waals surface area contributed by atoms with Crippen LogP contribution in [0.5, 0.6) is 0 Å². The summed E-state index contributed by atoms with van der Waals surface area (Å²) in [6, 6.07) is 14.6. The highest BCUT2D eigenvalue weighted by Gasteiger charge is 2.28. The number of halogens is 1. The molecule has 28 heavy (non-hydrogen) atoms. The molecule has 1 atom stereocenters. The maximum absolute atomic E-state index is 12.8. The molecule has 7 heteroatoms. The highest BCUT2D eigenvalue weighted by molar-refractivity contribution is 6.30. The van der Waals surface area contributed by atoms with Crippen molar-refractivity contribution in [3.63, 3.8) is 0 Å². The number of H-pyrrole nitrogens is 1. The highest BCUT2D eigenvalue weighted by Crippen LogP contribution is 2.25. The third-order valence-electron chi connectivity index (χ3n) is 5.10. The van der Waals surface area contributed by atoms with Gasteiger partial charge < -0.3 is 4.90 Å². The molecule has 3 aromatic rings. The average Bonchev–Trinajstić information content (AvgIpc) is 3.10. The van der Waals surface area contributed by atoms with Gasteiger partial charge in [0.25, 0.3) is 5.91 Å². The number of hydrogen-bond acceptors (Lipinski definition) is 3. The molecule has 0 bridgehead atoms. The van der Waals surface area contributed by atoms with Crippen LogP contribution in [-0.2, 0) is 0 Å². The number of piperidine rings is 1. The van der Waals surface area contributed by atoms with Crippen molar-refractivity contribution >= 4 is 17.5 Å². The summed E-state index contributed by atoms with van der Waals surface area (Å²) in [5.41, 5.74) is 2.17. The average molecular weight is 397 g/mol. The lowest BCUT2D eigenvalue weighted by Gasteiger charge is -2.31. The number of benzene rings is 2. The van der Waals surface area contributed by atoms with E-state index in [2.05, 4.69) is 10.1 Å². The van der Waals surface area contributed by atoms with E-state index in [1.807, 2.05) is 36.1 Å². The van der Waals surface area contributed by atoms with Gasteiger partial charge in [0, 0.05) is 29.6 Å². The molecule has 0 saturated carbocycles. The molecule has 1 N–H and O–H groups in total. The van der Waals surface area contributed by atoms with Crippen LogP contribution in [0, 0.1) is 6.92 Å². The Kier molecular flexibility index (Phi) is 5.05. The molecule has 1 aliphatic heterocycles. The zero-order valence-electron chi connectivity index (χ0n) is 15.6. The zero-order chi connectivity index (χ0) is 19.7. The molecule has 0 radical (unpaired) electrons. The Morgan fingerprint density at radius 1 is 1.14 bits per heavy atom. The van der Waals surface area contributed by atoms with E-state index < -0.39 is 0 Å². The summed E-state index contributed by atoms with van der Waals surface area (Å²) in [5, 5.41) is 5.08. The predicted octanol–water partition coefficient (Wildman–Crippen LogP) is 3.54. The second kappa shape index (κ2) is 7.64. The maximum Gasteiger partial charge on any atom is 0.348 e. The highest BCUT2D eigenvalue weighted by atomic mass is 35.5. The maximum atomic E-state index is 12.8. The number of rotatable bonds is 3. The summed E-state index contributed by atoms with van der Waals surface area (Å²) in [6.45, 7) is 3.25. The number of hydrogen-bond donors (Lipinski definition) is 1. The Hall–Kier alpha value is -2.86. The summed E-state index contributed by atoms with van der Waals surface area (Å²) in [5.74, 6) is 0.634. The van der Waals surface area contributed by atoms with Crippen LogP contribution in [-0.4, -0.2) is 38.7 Å². The summed E-state index contributed by atoms with van der Waals surface area (Å²) in [6.07, 6.45) is 1.75. The van der Waals surface area contributed by atoms with E-state index in [1.54, 1.807) is 24.3 Å². The van der Waals surface area contributed by atoms with Gasteiger partial charge >= 0.3 is 5.69 Å². The smallest absolute Gasteiger partial charge is 0.338 e. The Bertz CT molecular complexity index is 1040. The fourth-order valence-corrected chi connectivity index (χ4v) is 3.67. The lowest BCUT2D eigenvalue weighted by Crippen LogP contribution is -2.39. The van der Waals surface area contributed by atoms with E-state index in [0.29, 0.717) is 35.2 Å². The Labute approximate surface area is 167 Å². The minimum atomic E-state index is -0.292. The number of nitrogens with zero attached hydrogens (tertiary/aromatic N) is 3. The first-order valence-corrected chi connectivity index (χ1v) is 9.70. The largest absolute Gasteiger partial charge is 0.348 e. The van der Waals surface area contributed by atoms with Gasteiger partial charge in [-0.05, 0) is 56.2 Å². The van der Waals surface area contributed by atoms with Gasteiger partial charge in [0.15, 0.2) is 0 Å². The Morgan fingerprint density at radius 2 is 1.86 bits per heavy atom. The van der Waals surface area contributed by atoms with E-state index in [0.717, 1.165) is 18.4 Å². The second-order valence-electron chi connectivity index (χ2n) is 7.16. The topological polar surface area (TPSA) is 71.0 Å². The second-order valence-corrected chi connectivity index (χ2v) is 7.60. The van der Waals surface area contributed by atoms with E-state index in [9.17, 15) is 9.59 Å². The molecule has 1 saturated heterocycles. The van der Waals surface area contributed by atoms with Crippen molar-refractivity contribution in [3.8, 4) is 5.69 Å². The van der Waals surface area contributed by atoms with Gasteiger partial charge in [0.1, 0.15) is 5.82 Å². The van der Waals surface area contributed by atoms with Gasteiger partial charge in [-0.3, -0.25) is 9.78 Å². The molecule has 1 amide bonds. The number of aromatic nitrogens is 3. The van der Waals surface area contributed by atoms with E-state index >= 15 is 0 Å². The molecular formula is C21H21ClN4O2. The molecule has 1 fully saturated rings. The molecule has 144 valence electrons. The van der Waals surface area contributed by atoms with Crippen LogP contribution in [0.15, 0.2) is 53.3 Å². The fraction of sp³-hybridized carbons (Fsp3) is 0.286. The molecule has 1 aromatic heterocycles. The van der Waals surface area contributed by atoms with Crippen molar-refractivity contribution in [1.29, 1.82) is 0 Å². The van der Waals surface area contributed by atoms with E-state index in [-0.39, 0.29) is 17.5 Å². The molecule has 4 rings (SSSR count). The molecule has 2 aromatic carbocycles. The number of aromatic amines is 1. The lowest BCUT2D eigenvalue weighted by atomic mass is 9.96. The SMILES string of the molecule is Cc1ccc(C(=O)N2CCCC(c3nn(-c4ccc(Cl)cc4)c(=O)[nH]3)C2)cc1. The van der Waals surface area contributed by atoms with Crippen molar-refractivity contribution in [3.05, 3.63) is 81.0 Å². The first-order valence-electron chi connectivity index (χ1n) is 9.32. The Balaban J connectivity index is 1.54. The first kappa shape index (κ1) is 18.5. The minimum absolute atomic E-state index is 0.00407. The summed E-state index contributed by atoms with van der Waals surface area (Å²) < 4.78 is 1.34. The molecule has 1 aliphatic rings. The monoisotopic (exact) mass is 396 g/mol. The van der Waals surface area contributed by atoms with Gasteiger partial charge in [-0.25, -0.2) is 4.79 Å². The van der Waals surface area contributed by atoms with Crippen LogP contribution >= 0.6 is 11.6 Å². The lowest BCUT2D eigenvalue weighted by molar-refractivity contribution is 0.0704. The van der Waals surface area contributed by atoms with Crippen LogP contribution in [0.1, 0.15) is 40.5 Å². The third-order valence-corrected chi connectivity index (χ3v) is 5.35. The standard InChI is InChI=1S/C21H21ClN4O2/c1-14-4-6-15(7-5-14)20(27)25-12-2-3-16(13-25)19-23-21(28)26(24-19)18-10-8-17(22)9-11-18/h4-11,16H,2-3,12-13H2,1H3,(H,23,24,28). The van der Waals surface area contributed by atoms with Crippen LogP contribution in [0.25, 0.3) is 5.69 Å². The van der Waals surface area contributed by atoms with Gasteiger partial charge in [0.05, 0.1) is 5.69 Å². The number of likely N-dealkylation sites (tertiary alicyclic amines) is 1. The normalized spacial score (nSPS) is 16.9. The number of aryl methyl sites for hydroxylation is 1. The van der Waals surface area contributed by atoms with Crippen LogP contribution in [0.3, 0.4) is 0 Å². The molecule has 0 spiro atoms. The van der Waals surface area contributed by atoms with Crippen molar-refractivity contribution < 1.29 is 4.79 Å². The molecule has 1 unspecified atom stereocenters. The summed E-state index contributed by atoms with van der Waals surface area (Å²) in [7, 11) is 0. The first-order chi connectivity index (χ1) is 13.5. The van der Waals surface area contributed by atoms with Crippen molar-refractivity contribution in [1.82, 2.24) is 19.7 Å². The number of nitrogens with one attached hydrogen (secondary N) is 1.